The van der Waals surface area contributed by atoms with Crippen LogP contribution >= 0.6 is 0 Å². The average molecular weight is 350 g/mol. The highest BCUT2D eigenvalue weighted by Crippen LogP contribution is 2.23. The summed E-state index contributed by atoms with van der Waals surface area (Å²) in [5, 5.41) is 8.34. The first-order chi connectivity index (χ1) is 11.4. The molecule has 0 saturated heterocycles. The highest BCUT2D eigenvalue weighted by atomic mass is 32.2. The van der Waals surface area contributed by atoms with Crippen molar-refractivity contribution in [2.45, 2.75) is 44.4 Å². The molecule has 1 aromatic carbocycles. The lowest BCUT2D eigenvalue weighted by atomic mass is 10.2. The maximum Gasteiger partial charge on any atom is 0.243 e. The standard InChI is InChI=1S/C16H22N4O3S/c1-12-5-4-6-14(9-12)24(21,22)20-8-7-19-15(10-13(20)2)17-18-16(19)11-23-3/h4-6,9,13H,7-8,10-11H2,1-3H3/t13-/m0/s1. The van der Waals surface area contributed by atoms with E-state index in [-0.39, 0.29) is 6.04 Å². The van der Waals surface area contributed by atoms with E-state index in [4.69, 9.17) is 4.74 Å². The smallest absolute Gasteiger partial charge is 0.243 e. The van der Waals surface area contributed by atoms with Gasteiger partial charge in [0.15, 0.2) is 5.82 Å². The van der Waals surface area contributed by atoms with Crippen molar-refractivity contribution in [1.82, 2.24) is 19.1 Å². The second kappa shape index (κ2) is 6.62. The summed E-state index contributed by atoms with van der Waals surface area (Å²) in [6, 6.07) is 6.84. The van der Waals surface area contributed by atoms with Crippen molar-refractivity contribution < 1.29 is 13.2 Å². The molecule has 7 nitrogen and oxygen atoms in total. The van der Waals surface area contributed by atoms with Gasteiger partial charge in [-0.3, -0.25) is 0 Å². The number of fused-ring (bicyclic) bond motifs is 1. The summed E-state index contributed by atoms with van der Waals surface area (Å²) < 4.78 is 34.8. The fourth-order valence-electron chi connectivity index (χ4n) is 3.07. The molecule has 1 atom stereocenters. The van der Waals surface area contributed by atoms with Gasteiger partial charge in [-0.15, -0.1) is 10.2 Å². The molecule has 0 saturated carbocycles. The minimum absolute atomic E-state index is 0.184. The molecule has 0 bridgehead atoms. The SMILES string of the molecule is COCc1nnc2n1CCN(S(=O)(=O)c1cccc(C)c1)[C@@H](C)C2. The molecule has 0 aliphatic carbocycles. The number of aryl methyl sites for hydroxylation is 1. The third-order valence-electron chi connectivity index (χ3n) is 4.29. The molecule has 24 heavy (non-hydrogen) atoms. The Morgan fingerprint density at radius 3 is 2.79 bits per heavy atom. The van der Waals surface area contributed by atoms with E-state index in [9.17, 15) is 8.42 Å². The summed E-state index contributed by atoms with van der Waals surface area (Å²) in [5.74, 6) is 1.53. The molecule has 2 aromatic rings. The van der Waals surface area contributed by atoms with Gasteiger partial charge in [-0.1, -0.05) is 12.1 Å². The lowest BCUT2D eigenvalue weighted by Crippen LogP contribution is -2.40. The molecule has 8 heteroatoms. The zero-order valence-electron chi connectivity index (χ0n) is 14.1. The summed E-state index contributed by atoms with van der Waals surface area (Å²) >= 11 is 0. The minimum Gasteiger partial charge on any atom is -0.377 e. The summed E-state index contributed by atoms with van der Waals surface area (Å²) in [4.78, 5) is 0.337. The Bertz CT molecular complexity index is 832. The van der Waals surface area contributed by atoms with Crippen LogP contribution in [0.15, 0.2) is 29.2 Å². The quantitative estimate of drug-likeness (QED) is 0.832. The Balaban J connectivity index is 1.91. The monoisotopic (exact) mass is 350 g/mol. The zero-order valence-corrected chi connectivity index (χ0v) is 15.0. The van der Waals surface area contributed by atoms with Crippen molar-refractivity contribution in [2.24, 2.45) is 0 Å². The number of sulfonamides is 1. The summed E-state index contributed by atoms with van der Waals surface area (Å²) in [7, 11) is -1.93. The van der Waals surface area contributed by atoms with Crippen molar-refractivity contribution >= 4 is 10.0 Å². The molecule has 3 rings (SSSR count). The van der Waals surface area contributed by atoms with Gasteiger partial charge in [-0.2, -0.15) is 4.31 Å². The Labute approximate surface area is 142 Å². The molecular formula is C16H22N4O3S. The Morgan fingerprint density at radius 1 is 1.29 bits per heavy atom. The van der Waals surface area contributed by atoms with Crippen LogP contribution in [-0.2, 0) is 34.3 Å². The lowest BCUT2D eigenvalue weighted by Gasteiger charge is -2.26. The minimum atomic E-state index is -3.54. The van der Waals surface area contributed by atoms with Crippen molar-refractivity contribution in [3.05, 3.63) is 41.5 Å². The van der Waals surface area contributed by atoms with Crippen LogP contribution in [0.1, 0.15) is 24.1 Å². The van der Waals surface area contributed by atoms with Gasteiger partial charge >= 0.3 is 0 Å². The van der Waals surface area contributed by atoms with Crippen LogP contribution in [0.4, 0.5) is 0 Å². The van der Waals surface area contributed by atoms with Crippen molar-refractivity contribution in [3.8, 4) is 0 Å². The van der Waals surface area contributed by atoms with E-state index in [0.29, 0.717) is 31.0 Å². The van der Waals surface area contributed by atoms with Crippen LogP contribution in [0.25, 0.3) is 0 Å². The number of benzene rings is 1. The molecule has 2 heterocycles. The van der Waals surface area contributed by atoms with Gasteiger partial charge in [0.2, 0.25) is 10.0 Å². The predicted octanol–water partition coefficient (Wildman–Crippen LogP) is 1.37. The van der Waals surface area contributed by atoms with Crippen LogP contribution in [0.3, 0.4) is 0 Å². The fourth-order valence-corrected chi connectivity index (χ4v) is 4.80. The Morgan fingerprint density at radius 2 is 2.08 bits per heavy atom. The Kier molecular flexibility index (Phi) is 4.71. The molecule has 1 aliphatic rings. The van der Waals surface area contributed by atoms with Gasteiger partial charge in [0.1, 0.15) is 12.4 Å². The first-order valence-corrected chi connectivity index (χ1v) is 9.36. The number of methoxy groups -OCH3 is 1. The lowest BCUT2D eigenvalue weighted by molar-refractivity contribution is 0.173. The number of ether oxygens (including phenoxy) is 1. The van der Waals surface area contributed by atoms with Crippen LogP contribution in [0.5, 0.6) is 0 Å². The highest BCUT2D eigenvalue weighted by Gasteiger charge is 2.33. The maximum atomic E-state index is 13.0. The molecule has 0 amide bonds. The van der Waals surface area contributed by atoms with Gasteiger partial charge in [0.05, 0.1) is 4.90 Å². The summed E-state index contributed by atoms with van der Waals surface area (Å²) in [6.45, 7) is 5.08. The third kappa shape index (κ3) is 3.09. The third-order valence-corrected chi connectivity index (χ3v) is 6.30. The van der Waals surface area contributed by atoms with Gasteiger partial charge < -0.3 is 9.30 Å². The Hall–Kier alpha value is -1.77. The van der Waals surface area contributed by atoms with E-state index in [1.54, 1.807) is 29.6 Å². The zero-order chi connectivity index (χ0) is 17.3. The normalized spacial score (nSPS) is 19.0. The van der Waals surface area contributed by atoms with Crippen molar-refractivity contribution in [1.29, 1.82) is 0 Å². The molecule has 0 radical (unpaired) electrons. The molecular weight excluding hydrogens is 328 g/mol. The first kappa shape index (κ1) is 17.1. The van der Waals surface area contributed by atoms with Gasteiger partial charge in [0.25, 0.3) is 0 Å². The molecule has 1 aliphatic heterocycles. The fraction of sp³-hybridized carbons (Fsp3) is 0.500. The van der Waals surface area contributed by atoms with Crippen molar-refractivity contribution in [2.75, 3.05) is 13.7 Å². The van der Waals surface area contributed by atoms with Gasteiger partial charge in [0, 0.05) is 32.7 Å². The topological polar surface area (TPSA) is 77.3 Å². The van der Waals surface area contributed by atoms with E-state index >= 15 is 0 Å². The van der Waals surface area contributed by atoms with Gasteiger partial charge in [-0.05, 0) is 31.5 Å². The number of nitrogens with zero attached hydrogens (tertiary/aromatic N) is 4. The van der Waals surface area contributed by atoms with E-state index in [2.05, 4.69) is 10.2 Å². The molecule has 1 aromatic heterocycles. The van der Waals surface area contributed by atoms with Crippen LogP contribution in [0, 0.1) is 6.92 Å². The van der Waals surface area contributed by atoms with Crippen LogP contribution < -0.4 is 0 Å². The number of hydrogen-bond donors (Lipinski definition) is 0. The van der Waals surface area contributed by atoms with Crippen molar-refractivity contribution in [3.63, 3.8) is 0 Å². The van der Waals surface area contributed by atoms with Crippen LogP contribution in [-0.4, -0.2) is 47.2 Å². The molecule has 0 unspecified atom stereocenters. The number of hydrogen-bond acceptors (Lipinski definition) is 5. The molecule has 130 valence electrons. The van der Waals surface area contributed by atoms with Crippen LogP contribution in [0.2, 0.25) is 0 Å². The molecule has 0 spiro atoms. The average Bonchev–Trinajstić information content (AvgIpc) is 2.81. The van der Waals surface area contributed by atoms with E-state index in [0.717, 1.165) is 17.2 Å². The second-order valence-corrected chi connectivity index (χ2v) is 7.99. The maximum absolute atomic E-state index is 13.0. The predicted molar refractivity (Wildman–Crippen MR) is 89.0 cm³/mol. The number of rotatable bonds is 4. The second-order valence-electron chi connectivity index (χ2n) is 6.10. The molecule has 0 N–H and O–H groups in total. The summed E-state index contributed by atoms with van der Waals surface area (Å²) in [5.41, 5.74) is 0.929. The first-order valence-electron chi connectivity index (χ1n) is 7.92. The summed E-state index contributed by atoms with van der Waals surface area (Å²) in [6.07, 6.45) is 0.530. The van der Waals surface area contributed by atoms with E-state index in [1.165, 1.54) is 0 Å². The largest absolute Gasteiger partial charge is 0.377 e. The van der Waals surface area contributed by atoms with Gasteiger partial charge in [-0.25, -0.2) is 8.42 Å². The molecule has 0 fully saturated rings. The number of aromatic nitrogens is 3. The van der Waals surface area contributed by atoms with E-state index in [1.807, 2.05) is 24.5 Å². The highest BCUT2D eigenvalue weighted by molar-refractivity contribution is 7.89. The van der Waals surface area contributed by atoms with E-state index < -0.39 is 10.0 Å².